The molecular formula is C17H16O2S. The zero-order chi connectivity index (χ0) is 13.5. The molecule has 1 aromatic heterocycles. The first-order valence-electron chi connectivity index (χ1n) is 7.15. The third-order valence-corrected chi connectivity index (χ3v) is 5.37. The van der Waals surface area contributed by atoms with Crippen LogP contribution in [0.2, 0.25) is 0 Å². The van der Waals surface area contributed by atoms with Gasteiger partial charge in [-0.2, -0.15) is 0 Å². The number of ether oxygens (including phenoxy) is 1. The first-order chi connectivity index (χ1) is 9.78. The molecule has 1 aliphatic heterocycles. The molecule has 2 heterocycles. The van der Waals surface area contributed by atoms with Gasteiger partial charge >= 0.3 is 5.97 Å². The van der Waals surface area contributed by atoms with Gasteiger partial charge in [0.05, 0.1) is 5.92 Å². The molecule has 2 bridgehead atoms. The SMILES string of the molecule is O=C1O[C@H]2CC(CCc3cc4ccccc4s3)=C[C@@H]1C2. The molecule has 0 N–H and O–H groups in total. The van der Waals surface area contributed by atoms with E-state index in [1.807, 2.05) is 11.3 Å². The van der Waals surface area contributed by atoms with Crippen LogP contribution in [0.3, 0.4) is 0 Å². The maximum absolute atomic E-state index is 11.5. The highest BCUT2D eigenvalue weighted by Crippen LogP contribution is 2.35. The summed E-state index contributed by atoms with van der Waals surface area (Å²) in [5.41, 5.74) is 1.40. The lowest BCUT2D eigenvalue weighted by Gasteiger charge is -2.15. The van der Waals surface area contributed by atoms with Crippen molar-refractivity contribution in [2.75, 3.05) is 0 Å². The van der Waals surface area contributed by atoms with Crippen LogP contribution in [0.4, 0.5) is 0 Å². The predicted molar refractivity (Wildman–Crippen MR) is 80.8 cm³/mol. The lowest BCUT2D eigenvalue weighted by Crippen LogP contribution is -2.11. The largest absolute Gasteiger partial charge is 0.462 e. The van der Waals surface area contributed by atoms with Gasteiger partial charge in [0.1, 0.15) is 6.10 Å². The lowest BCUT2D eigenvalue weighted by atomic mass is 9.89. The molecule has 0 saturated carbocycles. The molecule has 20 heavy (non-hydrogen) atoms. The molecule has 0 unspecified atom stereocenters. The van der Waals surface area contributed by atoms with Gasteiger partial charge in [-0.15, -0.1) is 11.3 Å². The molecule has 2 nitrogen and oxygen atoms in total. The molecule has 3 heteroatoms. The van der Waals surface area contributed by atoms with E-state index in [1.54, 1.807) is 0 Å². The molecule has 0 spiro atoms. The normalized spacial score (nSPS) is 24.8. The van der Waals surface area contributed by atoms with Crippen molar-refractivity contribution in [1.29, 1.82) is 0 Å². The Labute approximate surface area is 122 Å². The summed E-state index contributed by atoms with van der Waals surface area (Å²) in [5.74, 6) is 0.0121. The van der Waals surface area contributed by atoms with E-state index in [0.29, 0.717) is 0 Å². The quantitative estimate of drug-likeness (QED) is 0.626. The number of carbonyl (C=O) groups is 1. The van der Waals surface area contributed by atoms with Gasteiger partial charge in [-0.05, 0) is 30.4 Å². The predicted octanol–water partition coefficient (Wildman–Crippen LogP) is 4.10. The number of thiophene rings is 1. The Kier molecular flexibility index (Phi) is 2.88. The minimum Gasteiger partial charge on any atom is -0.462 e. The van der Waals surface area contributed by atoms with Crippen LogP contribution < -0.4 is 0 Å². The van der Waals surface area contributed by atoms with Crippen LogP contribution in [0.25, 0.3) is 10.1 Å². The zero-order valence-corrected chi connectivity index (χ0v) is 12.0. The lowest BCUT2D eigenvalue weighted by molar-refractivity contribution is -0.142. The number of carbonyl (C=O) groups excluding carboxylic acids is 1. The van der Waals surface area contributed by atoms with Gasteiger partial charge in [-0.3, -0.25) is 4.79 Å². The zero-order valence-electron chi connectivity index (χ0n) is 11.2. The van der Waals surface area contributed by atoms with E-state index in [-0.39, 0.29) is 18.0 Å². The van der Waals surface area contributed by atoms with E-state index in [4.69, 9.17) is 4.74 Å². The summed E-state index contributed by atoms with van der Waals surface area (Å²) >= 11 is 1.88. The van der Waals surface area contributed by atoms with Crippen molar-refractivity contribution in [1.82, 2.24) is 0 Å². The molecule has 1 fully saturated rings. The fourth-order valence-corrected chi connectivity index (χ4v) is 4.28. The standard InChI is InChI=1S/C17H16O2S/c18-17-13-7-11(8-14(9-13)19-17)5-6-15-10-12-3-1-2-4-16(12)20-15/h1-4,7,10,13-14H,5-6,8-9H2/t13-,14+/m1/s1. The number of hydrogen-bond donors (Lipinski definition) is 0. The highest BCUT2D eigenvalue weighted by atomic mass is 32.1. The van der Waals surface area contributed by atoms with Gasteiger partial charge in [0.25, 0.3) is 0 Å². The Morgan fingerprint density at radius 1 is 1.25 bits per heavy atom. The first-order valence-corrected chi connectivity index (χ1v) is 7.97. The van der Waals surface area contributed by atoms with Gasteiger partial charge in [0.2, 0.25) is 0 Å². The molecule has 4 rings (SSSR count). The van der Waals surface area contributed by atoms with Gasteiger partial charge < -0.3 is 4.74 Å². The van der Waals surface area contributed by atoms with Crippen LogP contribution in [0.5, 0.6) is 0 Å². The van der Waals surface area contributed by atoms with Crippen molar-refractivity contribution in [2.24, 2.45) is 5.92 Å². The Morgan fingerprint density at radius 2 is 2.15 bits per heavy atom. The van der Waals surface area contributed by atoms with Crippen LogP contribution >= 0.6 is 11.3 Å². The minimum absolute atomic E-state index is 0.0214. The van der Waals surface area contributed by atoms with Crippen molar-refractivity contribution in [3.8, 4) is 0 Å². The molecule has 2 aromatic rings. The third kappa shape index (κ3) is 2.16. The number of rotatable bonds is 3. The minimum atomic E-state index is -0.0214. The van der Waals surface area contributed by atoms with Crippen LogP contribution in [0, 0.1) is 5.92 Å². The third-order valence-electron chi connectivity index (χ3n) is 4.20. The van der Waals surface area contributed by atoms with E-state index >= 15 is 0 Å². The second-order valence-electron chi connectivity index (χ2n) is 5.68. The molecule has 0 amide bonds. The van der Waals surface area contributed by atoms with E-state index < -0.39 is 0 Å². The van der Waals surface area contributed by atoms with Gasteiger partial charge in [0.15, 0.2) is 0 Å². The van der Waals surface area contributed by atoms with E-state index in [0.717, 1.165) is 25.7 Å². The average Bonchev–Trinajstić information content (AvgIpc) is 2.97. The number of hydrogen-bond acceptors (Lipinski definition) is 3. The molecule has 2 atom stereocenters. The van der Waals surface area contributed by atoms with Crippen molar-refractivity contribution < 1.29 is 9.53 Å². The van der Waals surface area contributed by atoms with Crippen LogP contribution in [-0.4, -0.2) is 12.1 Å². The van der Waals surface area contributed by atoms with Crippen molar-refractivity contribution >= 4 is 27.4 Å². The molecule has 2 aliphatic rings. The summed E-state index contributed by atoms with van der Waals surface area (Å²) in [5, 5.41) is 1.34. The van der Waals surface area contributed by atoms with Gasteiger partial charge in [0, 0.05) is 22.4 Å². The summed E-state index contributed by atoms with van der Waals surface area (Å²) in [6.45, 7) is 0. The molecule has 1 aromatic carbocycles. The highest BCUT2D eigenvalue weighted by molar-refractivity contribution is 7.19. The highest BCUT2D eigenvalue weighted by Gasteiger charge is 2.36. The van der Waals surface area contributed by atoms with Crippen LogP contribution in [0.1, 0.15) is 24.1 Å². The van der Waals surface area contributed by atoms with Crippen molar-refractivity contribution in [3.05, 3.63) is 46.9 Å². The van der Waals surface area contributed by atoms with Gasteiger partial charge in [-0.1, -0.05) is 29.8 Å². The fourth-order valence-electron chi connectivity index (χ4n) is 3.21. The Morgan fingerprint density at radius 3 is 3.00 bits per heavy atom. The Bertz CT molecular complexity index is 665. The van der Waals surface area contributed by atoms with Crippen molar-refractivity contribution in [3.63, 3.8) is 0 Å². The Balaban J connectivity index is 1.48. The Hall–Kier alpha value is -1.61. The summed E-state index contributed by atoms with van der Waals surface area (Å²) in [7, 11) is 0. The van der Waals surface area contributed by atoms with Crippen LogP contribution in [0.15, 0.2) is 42.0 Å². The fraction of sp³-hybridized carbons (Fsp3) is 0.353. The summed E-state index contributed by atoms with van der Waals surface area (Å²) in [4.78, 5) is 13.0. The molecule has 0 radical (unpaired) electrons. The second kappa shape index (κ2) is 4.74. The first kappa shape index (κ1) is 12.2. The second-order valence-corrected chi connectivity index (χ2v) is 6.85. The van der Waals surface area contributed by atoms with Gasteiger partial charge in [-0.25, -0.2) is 0 Å². The molecular weight excluding hydrogens is 268 g/mol. The molecule has 1 aliphatic carbocycles. The number of benzene rings is 1. The summed E-state index contributed by atoms with van der Waals surface area (Å²) < 4.78 is 6.69. The van der Waals surface area contributed by atoms with Crippen molar-refractivity contribution in [2.45, 2.75) is 31.8 Å². The number of esters is 1. The smallest absolute Gasteiger partial charge is 0.313 e. The molecule has 102 valence electrons. The number of fused-ring (bicyclic) bond motifs is 3. The topological polar surface area (TPSA) is 26.3 Å². The summed E-state index contributed by atoms with van der Waals surface area (Å²) in [6, 6.07) is 10.8. The average molecular weight is 284 g/mol. The number of aryl methyl sites for hydroxylation is 1. The maximum Gasteiger partial charge on any atom is 0.313 e. The monoisotopic (exact) mass is 284 g/mol. The summed E-state index contributed by atoms with van der Waals surface area (Å²) in [6.07, 6.45) is 6.25. The van der Waals surface area contributed by atoms with Crippen LogP contribution in [-0.2, 0) is 16.0 Å². The molecule has 1 saturated heterocycles. The maximum atomic E-state index is 11.5. The van der Waals surface area contributed by atoms with E-state index in [1.165, 1.54) is 20.5 Å². The van der Waals surface area contributed by atoms with E-state index in [2.05, 4.69) is 36.4 Å². The van der Waals surface area contributed by atoms with E-state index in [9.17, 15) is 4.79 Å².